The standard InChI is InChI=1S/C34H33N5OS/c40-32(24-27-14-5-1-6-15-27)37-38-33(41)35-23-13-22-31-25-39(26-36-31)34(28-16-7-2-8-17-28,29-18-9-3-10-19-29)30-20-11-4-12-21-30/h1-12,14-21,25-26H,13,22-24H2,(H,37,40)(H2,35,38,41). The minimum atomic E-state index is -0.573. The van der Waals surface area contributed by atoms with Crippen molar-refractivity contribution in [2.45, 2.75) is 24.8 Å². The molecule has 0 saturated heterocycles. The SMILES string of the molecule is O=C(Cc1ccccc1)NNC(=S)NCCCc1cn(C(c2ccccc2)(c2ccccc2)c2ccccc2)cn1. The maximum absolute atomic E-state index is 12.2. The maximum Gasteiger partial charge on any atom is 0.242 e. The third kappa shape index (κ3) is 6.70. The second-order valence-electron chi connectivity index (χ2n) is 9.78. The molecule has 0 spiro atoms. The first-order valence-corrected chi connectivity index (χ1v) is 14.1. The van der Waals surface area contributed by atoms with Crippen molar-refractivity contribution in [2.75, 3.05) is 6.54 Å². The summed E-state index contributed by atoms with van der Waals surface area (Å²) in [5.74, 6) is -0.148. The highest BCUT2D eigenvalue weighted by Crippen LogP contribution is 2.40. The number of benzene rings is 4. The van der Waals surface area contributed by atoms with Crippen LogP contribution >= 0.6 is 12.2 Å². The number of amides is 1. The van der Waals surface area contributed by atoms with Gasteiger partial charge in [0.1, 0.15) is 5.54 Å². The summed E-state index contributed by atoms with van der Waals surface area (Å²) in [4.78, 5) is 17.0. The first-order chi connectivity index (χ1) is 20.2. The van der Waals surface area contributed by atoms with Crippen molar-refractivity contribution in [3.05, 3.63) is 162 Å². The van der Waals surface area contributed by atoms with Crippen molar-refractivity contribution >= 4 is 23.2 Å². The van der Waals surface area contributed by atoms with Crippen LogP contribution in [-0.4, -0.2) is 27.1 Å². The van der Waals surface area contributed by atoms with Crippen molar-refractivity contribution in [3.8, 4) is 0 Å². The van der Waals surface area contributed by atoms with E-state index < -0.39 is 5.54 Å². The molecule has 5 rings (SSSR count). The van der Waals surface area contributed by atoms with Crippen LogP contribution in [-0.2, 0) is 23.2 Å². The molecule has 7 heteroatoms. The molecule has 0 atom stereocenters. The molecule has 0 aliphatic rings. The number of aromatic nitrogens is 2. The predicted octanol–water partition coefficient (Wildman–Crippen LogP) is 5.39. The van der Waals surface area contributed by atoms with Crippen LogP contribution in [0.3, 0.4) is 0 Å². The number of hydrazine groups is 1. The molecule has 1 amide bonds. The molecule has 5 aromatic rings. The minimum absolute atomic E-state index is 0.148. The van der Waals surface area contributed by atoms with E-state index in [9.17, 15) is 4.79 Å². The van der Waals surface area contributed by atoms with Crippen molar-refractivity contribution in [2.24, 2.45) is 0 Å². The average molecular weight is 560 g/mol. The second kappa shape index (κ2) is 13.5. The summed E-state index contributed by atoms with van der Waals surface area (Å²) in [6.45, 7) is 0.647. The molecule has 0 fully saturated rings. The fourth-order valence-electron chi connectivity index (χ4n) is 5.13. The van der Waals surface area contributed by atoms with E-state index >= 15 is 0 Å². The normalized spacial score (nSPS) is 11.0. The van der Waals surface area contributed by atoms with E-state index in [0.29, 0.717) is 11.7 Å². The number of nitrogens with one attached hydrogen (secondary N) is 3. The van der Waals surface area contributed by atoms with Gasteiger partial charge in [-0.2, -0.15) is 0 Å². The van der Waals surface area contributed by atoms with Gasteiger partial charge >= 0.3 is 0 Å². The number of carbonyl (C=O) groups is 1. The summed E-state index contributed by atoms with van der Waals surface area (Å²) >= 11 is 5.33. The Morgan fingerprint density at radius 2 is 1.24 bits per heavy atom. The highest BCUT2D eigenvalue weighted by Gasteiger charge is 2.38. The number of imidazole rings is 1. The first kappa shape index (κ1) is 27.8. The number of hydrogen-bond donors (Lipinski definition) is 3. The van der Waals surface area contributed by atoms with Crippen molar-refractivity contribution in [1.82, 2.24) is 25.7 Å². The smallest absolute Gasteiger partial charge is 0.242 e. The highest BCUT2D eigenvalue weighted by atomic mass is 32.1. The molecule has 1 aromatic heterocycles. The zero-order valence-corrected chi connectivity index (χ0v) is 23.6. The van der Waals surface area contributed by atoms with Gasteiger partial charge in [0.25, 0.3) is 0 Å². The third-order valence-corrected chi connectivity index (χ3v) is 7.26. The van der Waals surface area contributed by atoms with Gasteiger partial charge in [-0.1, -0.05) is 121 Å². The lowest BCUT2D eigenvalue weighted by atomic mass is 9.77. The number of carbonyl (C=O) groups excluding carboxylic acids is 1. The molecule has 0 aliphatic carbocycles. The fraction of sp³-hybridized carbons (Fsp3) is 0.147. The number of thiocarbonyl (C=S) groups is 1. The Labute approximate surface area is 246 Å². The summed E-state index contributed by atoms with van der Waals surface area (Å²) < 4.78 is 2.23. The van der Waals surface area contributed by atoms with E-state index in [1.165, 1.54) is 0 Å². The Hall–Kier alpha value is -4.75. The molecule has 41 heavy (non-hydrogen) atoms. The monoisotopic (exact) mass is 559 g/mol. The van der Waals surface area contributed by atoms with Gasteiger partial charge in [-0.3, -0.25) is 15.6 Å². The van der Waals surface area contributed by atoms with Crippen LogP contribution in [0, 0.1) is 0 Å². The van der Waals surface area contributed by atoms with Crippen LogP contribution in [0.1, 0.15) is 34.4 Å². The van der Waals surface area contributed by atoms with E-state index in [-0.39, 0.29) is 12.3 Å². The largest absolute Gasteiger partial charge is 0.361 e. The molecule has 0 bridgehead atoms. The van der Waals surface area contributed by atoms with Crippen LogP contribution in [0.25, 0.3) is 0 Å². The van der Waals surface area contributed by atoms with Crippen LogP contribution in [0.2, 0.25) is 0 Å². The van der Waals surface area contributed by atoms with Crippen molar-refractivity contribution in [1.29, 1.82) is 0 Å². The molecule has 0 aliphatic heterocycles. The van der Waals surface area contributed by atoms with Crippen LogP contribution in [0.15, 0.2) is 134 Å². The van der Waals surface area contributed by atoms with Crippen LogP contribution in [0.5, 0.6) is 0 Å². The Bertz CT molecular complexity index is 1440. The lowest BCUT2D eigenvalue weighted by molar-refractivity contribution is -0.121. The quantitative estimate of drug-likeness (QED) is 0.0926. The Morgan fingerprint density at radius 3 is 1.78 bits per heavy atom. The summed E-state index contributed by atoms with van der Waals surface area (Å²) in [5.41, 5.74) is 10.3. The number of aryl methyl sites for hydroxylation is 1. The second-order valence-corrected chi connectivity index (χ2v) is 10.2. The summed E-state index contributed by atoms with van der Waals surface area (Å²) in [6.07, 6.45) is 5.97. The Balaban J connectivity index is 1.25. The van der Waals surface area contributed by atoms with Crippen LogP contribution < -0.4 is 16.2 Å². The van der Waals surface area contributed by atoms with Gasteiger partial charge < -0.3 is 9.88 Å². The van der Waals surface area contributed by atoms with E-state index in [1.807, 2.05) is 54.9 Å². The summed E-state index contributed by atoms with van der Waals surface area (Å²) in [7, 11) is 0. The Morgan fingerprint density at radius 1 is 0.732 bits per heavy atom. The van der Waals surface area contributed by atoms with E-state index in [2.05, 4.69) is 99.7 Å². The molecule has 1 heterocycles. The van der Waals surface area contributed by atoms with Gasteiger partial charge in [-0.25, -0.2) is 4.98 Å². The first-order valence-electron chi connectivity index (χ1n) is 13.7. The third-order valence-electron chi connectivity index (χ3n) is 7.02. The van der Waals surface area contributed by atoms with Gasteiger partial charge in [-0.05, 0) is 47.3 Å². The van der Waals surface area contributed by atoms with Gasteiger partial charge in [0, 0.05) is 12.7 Å². The highest BCUT2D eigenvalue weighted by molar-refractivity contribution is 7.80. The lowest BCUT2D eigenvalue weighted by Gasteiger charge is -2.37. The van der Waals surface area contributed by atoms with E-state index in [0.717, 1.165) is 40.8 Å². The van der Waals surface area contributed by atoms with Gasteiger partial charge in [-0.15, -0.1) is 0 Å². The number of hydrogen-bond acceptors (Lipinski definition) is 3. The summed E-state index contributed by atoms with van der Waals surface area (Å²) in [6, 6.07) is 41.3. The van der Waals surface area contributed by atoms with Gasteiger partial charge in [0.15, 0.2) is 5.11 Å². The molecular weight excluding hydrogens is 526 g/mol. The minimum Gasteiger partial charge on any atom is -0.361 e. The number of nitrogens with zero attached hydrogens (tertiary/aromatic N) is 2. The van der Waals surface area contributed by atoms with E-state index in [4.69, 9.17) is 17.2 Å². The predicted molar refractivity (Wildman–Crippen MR) is 167 cm³/mol. The molecule has 0 unspecified atom stereocenters. The van der Waals surface area contributed by atoms with Crippen molar-refractivity contribution < 1.29 is 4.79 Å². The fourth-order valence-corrected chi connectivity index (χ4v) is 5.28. The van der Waals surface area contributed by atoms with Crippen LogP contribution in [0.4, 0.5) is 0 Å². The molecule has 0 saturated carbocycles. The Kier molecular flexibility index (Phi) is 9.19. The zero-order valence-electron chi connectivity index (χ0n) is 22.7. The molecule has 4 aromatic carbocycles. The topological polar surface area (TPSA) is 71.0 Å². The van der Waals surface area contributed by atoms with Crippen molar-refractivity contribution in [3.63, 3.8) is 0 Å². The molecular formula is C34H33N5OS. The van der Waals surface area contributed by atoms with E-state index in [1.54, 1.807) is 0 Å². The lowest BCUT2D eigenvalue weighted by Crippen LogP contribution is -2.47. The molecule has 206 valence electrons. The van der Waals surface area contributed by atoms with Gasteiger partial charge in [0.2, 0.25) is 5.91 Å². The van der Waals surface area contributed by atoms with Gasteiger partial charge in [0.05, 0.1) is 18.4 Å². The molecule has 3 N–H and O–H groups in total. The summed E-state index contributed by atoms with van der Waals surface area (Å²) in [5, 5.41) is 3.54. The average Bonchev–Trinajstić information content (AvgIpc) is 3.50. The zero-order chi connectivity index (χ0) is 28.3. The molecule has 6 nitrogen and oxygen atoms in total. The molecule has 0 radical (unpaired) electrons. The maximum atomic E-state index is 12.2. The number of rotatable bonds is 10.